The van der Waals surface area contributed by atoms with Crippen LogP contribution < -0.4 is 4.90 Å². The van der Waals surface area contributed by atoms with Crippen molar-refractivity contribution >= 4 is 60.9 Å². The lowest BCUT2D eigenvalue weighted by atomic mass is 10.2. The maximum absolute atomic E-state index is 13.1. The third-order valence-electron chi connectivity index (χ3n) is 3.63. The Morgan fingerprint density at radius 2 is 1.76 bits per heavy atom. The van der Waals surface area contributed by atoms with Crippen molar-refractivity contribution in [1.29, 1.82) is 0 Å². The quantitative estimate of drug-likeness (QED) is 0.577. The number of likely N-dealkylation sites (N-methyl/N-ethyl adjacent to an activating group) is 1. The van der Waals surface area contributed by atoms with Crippen LogP contribution >= 0.6 is 39.7 Å². The minimum Gasteiger partial charge on any atom is -0.308 e. The number of hydrogen-bond donors (Lipinski definition) is 0. The van der Waals surface area contributed by atoms with Gasteiger partial charge in [0.15, 0.2) is 5.13 Å². The van der Waals surface area contributed by atoms with Crippen LogP contribution in [-0.4, -0.2) is 43.0 Å². The zero-order valence-electron chi connectivity index (χ0n) is 14.0. The molecule has 0 radical (unpaired) electrons. The lowest BCUT2D eigenvalue weighted by molar-refractivity contribution is 0.0984. The summed E-state index contributed by atoms with van der Waals surface area (Å²) < 4.78 is 1.88. The molecule has 132 valence electrons. The SMILES string of the molecule is CN(C)CCN(C(=O)c1ccccc1Br)c1nc2ccccc2s1.Cl. The van der Waals surface area contributed by atoms with Gasteiger partial charge in [-0.2, -0.15) is 0 Å². The number of halogens is 2. The average molecular weight is 441 g/mol. The normalized spacial score (nSPS) is 10.7. The third kappa shape index (κ3) is 4.58. The Morgan fingerprint density at radius 3 is 2.44 bits per heavy atom. The number of carbonyl (C=O) groups excluding carboxylic acids is 1. The smallest absolute Gasteiger partial charge is 0.261 e. The summed E-state index contributed by atoms with van der Waals surface area (Å²) in [6, 6.07) is 15.5. The van der Waals surface area contributed by atoms with E-state index in [0.29, 0.717) is 12.1 Å². The van der Waals surface area contributed by atoms with Crippen LogP contribution in [0.5, 0.6) is 0 Å². The fourth-order valence-corrected chi connectivity index (χ4v) is 3.78. The number of nitrogens with zero attached hydrogens (tertiary/aromatic N) is 3. The fraction of sp³-hybridized carbons (Fsp3) is 0.222. The summed E-state index contributed by atoms with van der Waals surface area (Å²) in [7, 11) is 4.00. The third-order valence-corrected chi connectivity index (χ3v) is 5.38. The van der Waals surface area contributed by atoms with Gasteiger partial charge >= 0.3 is 0 Å². The van der Waals surface area contributed by atoms with Gasteiger partial charge in [-0.25, -0.2) is 4.98 Å². The Bertz CT molecular complexity index is 835. The molecule has 0 atom stereocenters. The zero-order chi connectivity index (χ0) is 17.1. The van der Waals surface area contributed by atoms with E-state index < -0.39 is 0 Å². The molecule has 0 N–H and O–H groups in total. The second-order valence-electron chi connectivity index (χ2n) is 5.70. The van der Waals surface area contributed by atoms with Crippen molar-refractivity contribution in [2.24, 2.45) is 0 Å². The molecule has 25 heavy (non-hydrogen) atoms. The minimum atomic E-state index is -0.0385. The predicted molar refractivity (Wildman–Crippen MR) is 111 cm³/mol. The van der Waals surface area contributed by atoms with Gasteiger partial charge in [-0.3, -0.25) is 9.69 Å². The van der Waals surface area contributed by atoms with Crippen LogP contribution in [0.15, 0.2) is 53.0 Å². The van der Waals surface area contributed by atoms with Gasteiger partial charge in [-0.05, 0) is 54.3 Å². The summed E-state index contributed by atoms with van der Waals surface area (Å²) in [4.78, 5) is 21.6. The minimum absolute atomic E-state index is 0. The van der Waals surface area contributed by atoms with E-state index in [-0.39, 0.29) is 18.3 Å². The van der Waals surface area contributed by atoms with Gasteiger partial charge in [0.1, 0.15) is 0 Å². The van der Waals surface area contributed by atoms with Gasteiger partial charge in [-0.15, -0.1) is 12.4 Å². The Morgan fingerprint density at radius 1 is 1.08 bits per heavy atom. The van der Waals surface area contributed by atoms with E-state index in [1.807, 2.05) is 62.6 Å². The van der Waals surface area contributed by atoms with Crippen LogP contribution in [-0.2, 0) is 0 Å². The van der Waals surface area contributed by atoms with E-state index in [1.165, 1.54) is 0 Å². The molecule has 2 aromatic carbocycles. The summed E-state index contributed by atoms with van der Waals surface area (Å²) >= 11 is 5.02. The molecule has 3 aromatic rings. The molecule has 0 aliphatic carbocycles. The predicted octanol–water partition coefficient (Wildman–Crippen LogP) is 4.69. The van der Waals surface area contributed by atoms with Crippen LogP contribution in [0.4, 0.5) is 5.13 Å². The van der Waals surface area contributed by atoms with E-state index in [9.17, 15) is 4.79 Å². The standard InChI is InChI=1S/C18H18BrN3OS.ClH/c1-21(2)11-12-22(17(23)13-7-3-4-8-14(13)19)18-20-15-9-5-6-10-16(15)24-18;/h3-10H,11-12H2,1-2H3;1H. The molecule has 4 nitrogen and oxygen atoms in total. The van der Waals surface area contributed by atoms with Crippen molar-refractivity contribution in [3.8, 4) is 0 Å². The van der Waals surface area contributed by atoms with Crippen LogP contribution in [0.2, 0.25) is 0 Å². The first-order valence-electron chi connectivity index (χ1n) is 7.63. The van der Waals surface area contributed by atoms with E-state index in [2.05, 4.69) is 25.8 Å². The second-order valence-corrected chi connectivity index (χ2v) is 7.57. The first-order chi connectivity index (χ1) is 11.6. The highest BCUT2D eigenvalue weighted by molar-refractivity contribution is 9.10. The molecule has 0 unspecified atom stereocenters. The molecule has 3 rings (SSSR count). The summed E-state index contributed by atoms with van der Waals surface area (Å²) in [5.74, 6) is -0.0385. The number of carbonyl (C=O) groups is 1. The van der Waals surface area contributed by atoms with Gasteiger partial charge in [0.05, 0.1) is 15.8 Å². The lowest BCUT2D eigenvalue weighted by Crippen LogP contribution is -2.36. The Hall–Kier alpha value is -1.47. The first-order valence-corrected chi connectivity index (χ1v) is 9.24. The molecule has 0 fully saturated rings. The molecular weight excluding hydrogens is 422 g/mol. The van der Waals surface area contributed by atoms with Gasteiger partial charge in [0.25, 0.3) is 5.91 Å². The van der Waals surface area contributed by atoms with Crippen LogP contribution in [0.1, 0.15) is 10.4 Å². The summed E-state index contributed by atoms with van der Waals surface area (Å²) in [5, 5.41) is 0.735. The monoisotopic (exact) mass is 439 g/mol. The van der Waals surface area contributed by atoms with Crippen molar-refractivity contribution in [1.82, 2.24) is 9.88 Å². The maximum Gasteiger partial charge on any atom is 0.261 e. The number of aromatic nitrogens is 1. The number of para-hydroxylation sites is 1. The molecule has 0 aliphatic rings. The molecule has 1 amide bonds. The van der Waals surface area contributed by atoms with Gasteiger partial charge in [-0.1, -0.05) is 35.6 Å². The largest absolute Gasteiger partial charge is 0.308 e. The molecule has 7 heteroatoms. The fourth-order valence-electron chi connectivity index (χ4n) is 2.34. The number of benzene rings is 2. The number of rotatable bonds is 5. The molecule has 0 saturated carbocycles. The van der Waals surface area contributed by atoms with Gasteiger partial charge in [0, 0.05) is 17.6 Å². The van der Waals surface area contributed by atoms with Crippen molar-refractivity contribution in [2.45, 2.75) is 0 Å². The zero-order valence-corrected chi connectivity index (χ0v) is 17.2. The van der Waals surface area contributed by atoms with E-state index in [4.69, 9.17) is 0 Å². The summed E-state index contributed by atoms with van der Waals surface area (Å²) in [5.41, 5.74) is 1.57. The molecule has 0 bridgehead atoms. The molecule has 0 saturated heterocycles. The van der Waals surface area contributed by atoms with E-state index in [1.54, 1.807) is 16.2 Å². The maximum atomic E-state index is 13.1. The van der Waals surface area contributed by atoms with Gasteiger partial charge < -0.3 is 4.90 Å². The van der Waals surface area contributed by atoms with Crippen LogP contribution in [0.25, 0.3) is 10.2 Å². The molecule has 1 heterocycles. The number of hydrogen-bond acceptors (Lipinski definition) is 4. The second kappa shape index (κ2) is 8.76. The molecule has 0 spiro atoms. The van der Waals surface area contributed by atoms with Crippen LogP contribution in [0, 0.1) is 0 Å². The molecule has 0 aliphatic heterocycles. The number of amides is 1. The van der Waals surface area contributed by atoms with Crippen molar-refractivity contribution in [3.05, 3.63) is 58.6 Å². The molecule has 1 aromatic heterocycles. The average Bonchev–Trinajstić information content (AvgIpc) is 2.98. The number of thiazole rings is 1. The summed E-state index contributed by atoms with van der Waals surface area (Å²) in [6.45, 7) is 1.36. The van der Waals surface area contributed by atoms with Gasteiger partial charge in [0.2, 0.25) is 0 Å². The Labute approximate surface area is 166 Å². The highest BCUT2D eigenvalue weighted by Gasteiger charge is 2.22. The lowest BCUT2D eigenvalue weighted by Gasteiger charge is -2.22. The van der Waals surface area contributed by atoms with Crippen molar-refractivity contribution in [3.63, 3.8) is 0 Å². The summed E-state index contributed by atoms with van der Waals surface area (Å²) in [6.07, 6.45) is 0. The Kier molecular flexibility index (Phi) is 6.95. The van der Waals surface area contributed by atoms with E-state index >= 15 is 0 Å². The van der Waals surface area contributed by atoms with Crippen molar-refractivity contribution in [2.75, 3.05) is 32.1 Å². The number of anilines is 1. The van der Waals surface area contributed by atoms with E-state index in [0.717, 1.165) is 26.4 Å². The number of fused-ring (bicyclic) bond motifs is 1. The van der Waals surface area contributed by atoms with Crippen molar-refractivity contribution < 1.29 is 4.79 Å². The highest BCUT2D eigenvalue weighted by atomic mass is 79.9. The topological polar surface area (TPSA) is 36.4 Å². The first kappa shape index (κ1) is 19.8. The van der Waals surface area contributed by atoms with Crippen LogP contribution in [0.3, 0.4) is 0 Å². The highest BCUT2D eigenvalue weighted by Crippen LogP contribution is 2.30. The Balaban J connectivity index is 0.00000225. The molecular formula is C18H19BrClN3OS.